The monoisotopic (exact) mass is 598 g/mol. The summed E-state index contributed by atoms with van der Waals surface area (Å²) in [6.45, 7) is 3.17. The molecule has 232 valence electrons. The third-order valence-electron chi connectivity index (χ3n) is 10.1. The molecule has 1 spiro atoms. The van der Waals surface area contributed by atoms with E-state index in [4.69, 9.17) is 9.47 Å². The summed E-state index contributed by atoms with van der Waals surface area (Å²) in [5.41, 5.74) is -0.534. The first-order valence-electron chi connectivity index (χ1n) is 16.4. The lowest BCUT2D eigenvalue weighted by molar-refractivity contribution is -0.141. The van der Waals surface area contributed by atoms with Crippen LogP contribution >= 0.6 is 0 Å². The molecule has 2 N–H and O–H groups in total. The molecule has 0 aromatic heterocycles. The maximum atomic E-state index is 14.3. The Balaban J connectivity index is 1.09. The highest BCUT2D eigenvalue weighted by Gasteiger charge is 2.72. The van der Waals surface area contributed by atoms with Crippen LogP contribution in [0.2, 0.25) is 0 Å². The Morgan fingerprint density at radius 3 is 2.32 bits per heavy atom. The molecule has 4 fully saturated rings. The first-order chi connectivity index (χ1) is 21.5. The van der Waals surface area contributed by atoms with Gasteiger partial charge < -0.3 is 29.9 Å². The first-order valence-corrected chi connectivity index (χ1v) is 16.4. The van der Waals surface area contributed by atoms with Crippen LogP contribution in [0.25, 0.3) is 0 Å². The molecule has 2 aromatic carbocycles. The quantitative estimate of drug-likeness (QED) is 0.413. The molecular formula is C35H42N4O5. The lowest BCUT2D eigenvalue weighted by atomic mass is 9.74. The standard InChI is InChI=1S/C35H42N4O5/c40-32(36-25-14-16-27(17-15-25)43-26-12-6-2-7-13-26)29-28-18-19-35(44-28)30(29)34(42)39(23-22-38-20-8-3-9-21-38)31(35)33(41)37-24-10-4-1-5-11-24/h2,6-7,12-19,24,28-31H,1,3-5,8-11,20-23H2,(H,36,40)(H,37,41)/t28-,29+,30-,31+,35-/m1/s1. The largest absolute Gasteiger partial charge is 0.457 e. The molecule has 7 rings (SSSR count). The van der Waals surface area contributed by atoms with E-state index in [2.05, 4.69) is 15.5 Å². The zero-order valence-corrected chi connectivity index (χ0v) is 25.2. The number of hydrogen-bond acceptors (Lipinski definition) is 6. The van der Waals surface area contributed by atoms with Crippen molar-refractivity contribution in [3.63, 3.8) is 0 Å². The third kappa shape index (κ3) is 5.52. The minimum absolute atomic E-state index is 0.112. The SMILES string of the molecule is O=C(Nc1ccc(Oc2ccccc2)cc1)[C@H]1[C@H]2C=C[C@]3(O2)[C@H](C(=O)NC2CCCCC2)N(CCN2CCCCC2)C(=O)[C@@H]13. The van der Waals surface area contributed by atoms with Gasteiger partial charge in [0.2, 0.25) is 17.7 Å². The van der Waals surface area contributed by atoms with E-state index in [1.54, 1.807) is 29.2 Å². The van der Waals surface area contributed by atoms with Gasteiger partial charge in [0.25, 0.3) is 0 Å². The van der Waals surface area contributed by atoms with Crippen molar-refractivity contribution < 1.29 is 23.9 Å². The topological polar surface area (TPSA) is 100 Å². The van der Waals surface area contributed by atoms with Crippen molar-refractivity contribution in [2.75, 3.05) is 31.5 Å². The van der Waals surface area contributed by atoms with E-state index in [0.29, 0.717) is 24.5 Å². The molecule has 9 nitrogen and oxygen atoms in total. The molecule has 0 unspecified atom stereocenters. The number of para-hydroxylation sites is 1. The minimum Gasteiger partial charge on any atom is -0.457 e. The number of amides is 3. The molecule has 1 saturated carbocycles. The molecule has 0 radical (unpaired) electrons. The van der Waals surface area contributed by atoms with Crippen molar-refractivity contribution in [3.05, 3.63) is 66.7 Å². The van der Waals surface area contributed by atoms with Gasteiger partial charge >= 0.3 is 0 Å². The number of carbonyl (C=O) groups excluding carboxylic acids is 3. The molecule has 1 aliphatic carbocycles. The number of ether oxygens (including phenoxy) is 2. The lowest BCUT2D eigenvalue weighted by Crippen LogP contribution is -2.57. The maximum absolute atomic E-state index is 14.3. The van der Waals surface area contributed by atoms with Gasteiger partial charge in [-0.25, -0.2) is 0 Å². The average Bonchev–Trinajstić information content (AvgIpc) is 3.69. The van der Waals surface area contributed by atoms with Crippen LogP contribution in [0.5, 0.6) is 11.5 Å². The van der Waals surface area contributed by atoms with Crippen molar-refractivity contribution in [1.29, 1.82) is 0 Å². The highest BCUT2D eigenvalue weighted by molar-refractivity contribution is 6.02. The zero-order valence-electron chi connectivity index (χ0n) is 25.2. The van der Waals surface area contributed by atoms with Gasteiger partial charge in [0.1, 0.15) is 23.1 Å². The third-order valence-corrected chi connectivity index (χ3v) is 10.1. The molecule has 5 atom stereocenters. The molecule has 2 aromatic rings. The van der Waals surface area contributed by atoms with Gasteiger partial charge in [-0.3, -0.25) is 14.4 Å². The van der Waals surface area contributed by atoms with Crippen molar-refractivity contribution in [2.45, 2.75) is 75.2 Å². The van der Waals surface area contributed by atoms with Gasteiger partial charge in [0.05, 0.1) is 17.9 Å². The van der Waals surface area contributed by atoms with E-state index < -0.39 is 29.6 Å². The second kappa shape index (κ2) is 12.4. The van der Waals surface area contributed by atoms with Crippen LogP contribution in [0.4, 0.5) is 5.69 Å². The van der Waals surface area contributed by atoms with Crippen molar-refractivity contribution in [1.82, 2.24) is 15.1 Å². The molecule has 5 aliphatic rings. The molecular weight excluding hydrogens is 556 g/mol. The van der Waals surface area contributed by atoms with Gasteiger partial charge in [-0.2, -0.15) is 0 Å². The number of piperidine rings is 1. The van der Waals surface area contributed by atoms with Crippen molar-refractivity contribution in [2.24, 2.45) is 11.8 Å². The second-order valence-corrected chi connectivity index (χ2v) is 12.9. The highest BCUT2D eigenvalue weighted by Crippen LogP contribution is 2.55. The Kier molecular flexibility index (Phi) is 8.16. The van der Waals surface area contributed by atoms with Gasteiger partial charge in [-0.15, -0.1) is 0 Å². The summed E-state index contributed by atoms with van der Waals surface area (Å²) in [6.07, 6.45) is 12.0. The molecule has 9 heteroatoms. The fraction of sp³-hybridized carbons (Fsp3) is 0.514. The maximum Gasteiger partial charge on any atom is 0.246 e. The van der Waals surface area contributed by atoms with Crippen LogP contribution < -0.4 is 15.4 Å². The Hall–Kier alpha value is -3.69. The molecule has 3 saturated heterocycles. The predicted octanol–water partition coefficient (Wildman–Crippen LogP) is 4.50. The van der Waals surface area contributed by atoms with Crippen LogP contribution in [0, 0.1) is 11.8 Å². The number of rotatable bonds is 9. The van der Waals surface area contributed by atoms with Gasteiger partial charge in [0, 0.05) is 24.8 Å². The first kappa shape index (κ1) is 29.0. The zero-order chi connectivity index (χ0) is 30.1. The van der Waals surface area contributed by atoms with E-state index >= 15 is 0 Å². The summed E-state index contributed by atoms with van der Waals surface area (Å²) in [7, 11) is 0. The van der Waals surface area contributed by atoms with E-state index in [1.807, 2.05) is 42.5 Å². The Morgan fingerprint density at radius 2 is 1.57 bits per heavy atom. The summed E-state index contributed by atoms with van der Waals surface area (Å²) >= 11 is 0. The molecule has 2 bridgehead atoms. The van der Waals surface area contributed by atoms with Crippen LogP contribution in [-0.4, -0.2) is 77.5 Å². The summed E-state index contributed by atoms with van der Waals surface area (Å²) in [4.78, 5) is 46.2. The minimum atomic E-state index is -1.14. The number of likely N-dealkylation sites (tertiary alicyclic amines) is 2. The normalized spacial score (nSPS) is 29.9. The van der Waals surface area contributed by atoms with Gasteiger partial charge in [0.15, 0.2) is 0 Å². The summed E-state index contributed by atoms with van der Waals surface area (Å²) < 4.78 is 12.4. The summed E-state index contributed by atoms with van der Waals surface area (Å²) in [5.74, 6) is -0.690. The second-order valence-electron chi connectivity index (χ2n) is 12.9. The number of carbonyl (C=O) groups is 3. The number of fused-ring (bicyclic) bond motifs is 1. The van der Waals surface area contributed by atoms with Crippen LogP contribution in [-0.2, 0) is 19.1 Å². The van der Waals surface area contributed by atoms with Crippen molar-refractivity contribution in [3.8, 4) is 11.5 Å². The number of anilines is 1. The van der Waals surface area contributed by atoms with Crippen LogP contribution in [0.15, 0.2) is 66.7 Å². The Bertz CT molecular complexity index is 1390. The van der Waals surface area contributed by atoms with Gasteiger partial charge in [-0.1, -0.05) is 56.0 Å². The van der Waals surface area contributed by atoms with Gasteiger partial charge in [-0.05, 0) is 75.2 Å². The van der Waals surface area contributed by atoms with Crippen LogP contribution in [0.1, 0.15) is 51.4 Å². The Labute approximate surface area is 258 Å². The van der Waals surface area contributed by atoms with Crippen LogP contribution in [0.3, 0.4) is 0 Å². The number of hydrogen-bond donors (Lipinski definition) is 2. The van der Waals surface area contributed by atoms with E-state index in [0.717, 1.165) is 57.4 Å². The molecule has 3 amide bonds. The highest BCUT2D eigenvalue weighted by atomic mass is 16.5. The average molecular weight is 599 g/mol. The fourth-order valence-electron chi connectivity index (χ4n) is 7.92. The predicted molar refractivity (Wildman–Crippen MR) is 166 cm³/mol. The van der Waals surface area contributed by atoms with E-state index in [1.165, 1.54) is 12.8 Å². The Morgan fingerprint density at radius 1 is 0.864 bits per heavy atom. The number of benzene rings is 2. The van der Waals surface area contributed by atoms with E-state index in [-0.39, 0.29) is 23.8 Å². The molecule has 4 aliphatic heterocycles. The van der Waals surface area contributed by atoms with Crippen molar-refractivity contribution >= 4 is 23.4 Å². The summed E-state index contributed by atoms with van der Waals surface area (Å²) in [5, 5.41) is 6.28. The van der Waals surface area contributed by atoms with E-state index in [9.17, 15) is 14.4 Å². The number of nitrogens with one attached hydrogen (secondary N) is 2. The lowest BCUT2D eigenvalue weighted by Gasteiger charge is -2.35. The molecule has 44 heavy (non-hydrogen) atoms. The number of nitrogens with zero attached hydrogens (tertiary/aromatic N) is 2. The summed E-state index contributed by atoms with van der Waals surface area (Å²) in [6, 6.07) is 16.0. The molecule has 4 heterocycles. The fourth-order valence-corrected chi connectivity index (χ4v) is 7.92. The smallest absolute Gasteiger partial charge is 0.246 e.